The number of carbonyl (C=O) groups excluding carboxylic acids is 1. The Balaban J connectivity index is 0.000000170. The second-order valence-corrected chi connectivity index (χ2v) is 7.04. The van der Waals surface area contributed by atoms with Gasteiger partial charge in [-0.2, -0.15) is 0 Å². The number of nitrogens with zero attached hydrogens (tertiary/aromatic N) is 1. The lowest BCUT2D eigenvalue weighted by Gasteiger charge is -2.07. The van der Waals surface area contributed by atoms with Crippen LogP contribution in [-0.2, 0) is 4.79 Å². The van der Waals surface area contributed by atoms with Gasteiger partial charge in [0.1, 0.15) is 0 Å². The van der Waals surface area contributed by atoms with Crippen molar-refractivity contribution in [1.29, 1.82) is 0 Å². The van der Waals surface area contributed by atoms with E-state index in [4.69, 9.17) is 11.6 Å². The summed E-state index contributed by atoms with van der Waals surface area (Å²) in [6.07, 6.45) is 5.19. The third kappa shape index (κ3) is 8.20. The van der Waals surface area contributed by atoms with Crippen molar-refractivity contribution in [3.63, 3.8) is 0 Å². The molecule has 1 aromatic heterocycles. The minimum Gasteiger partial charge on any atom is -0.333 e. The van der Waals surface area contributed by atoms with Gasteiger partial charge >= 0.3 is 0 Å². The monoisotopic (exact) mass is 408 g/mol. The molecule has 0 spiro atoms. The molecule has 1 N–H and O–H groups in total. The Labute approximate surface area is 176 Å². The van der Waals surface area contributed by atoms with E-state index >= 15 is 0 Å². The van der Waals surface area contributed by atoms with Crippen molar-refractivity contribution in [2.24, 2.45) is 0 Å². The molecule has 5 heteroatoms. The highest BCUT2D eigenvalue weighted by atomic mass is 35.5. The van der Waals surface area contributed by atoms with Gasteiger partial charge in [0.25, 0.3) is 5.56 Å². The fraction of sp³-hybridized carbons (Fsp3) is 0.167. The molecule has 0 saturated heterocycles. The minimum absolute atomic E-state index is 0.00167. The summed E-state index contributed by atoms with van der Waals surface area (Å²) in [5.41, 5.74) is 3.24. The zero-order chi connectivity index (χ0) is 21.1. The standard InChI is InChI=1S/C12H11NO.C6H5Cl.C6H9NO/c1-10-7-8-12(14)13(9-10)11-5-3-2-4-6-11;7-6-4-2-1-3-5-6;1-5-2-3-6(8)7-4-5/h2-9H,1H3;1-5H;4H,2-3H2,1H3,(H,7,8). The molecule has 2 heterocycles. The number of amides is 1. The van der Waals surface area contributed by atoms with Crippen LogP contribution in [0.2, 0.25) is 5.02 Å². The number of pyridine rings is 1. The molecule has 150 valence electrons. The van der Waals surface area contributed by atoms with Crippen molar-refractivity contribution >= 4 is 17.5 Å². The Hall–Kier alpha value is -3.11. The quantitative estimate of drug-likeness (QED) is 0.595. The van der Waals surface area contributed by atoms with E-state index < -0.39 is 0 Å². The van der Waals surface area contributed by atoms with Crippen molar-refractivity contribution in [3.05, 3.63) is 112 Å². The maximum Gasteiger partial charge on any atom is 0.255 e. The van der Waals surface area contributed by atoms with Crippen LogP contribution >= 0.6 is 11.6 Å². The van der Waals surface area contributed by atoms with Crippen molar-refractivity contribution < 1.29 is 4.79 Å². The summed E-state index contributed by atoms with van der Waals surface area (Å²) < 4.78 is 1.65. The summed E-state index contributed by atoms with van der Waals surface area (Å²) in [6.45, 7) is 3.98. The van der Waals surface area contributed by atoms with Gasteiger partial charge in [-0.3, -0.25) is 14.2 Å². The molecule has 1 amide bonds. The van der Waals surface area contributed by atoms with Gasteiger partial charge in [-0.15, -0.1) is 0 Å². The van der Waals surface area contributed by atoms with Crippen LogP contribution in [-0.4, -0.2) is 10.5 Å². The van der Waals surface area contributed by atoms with Crippen LogP contribution < -0.4 is 10.9 Å². The van der Waals surface area contributed by atoms with Crippen molar-refractivity contribution in [3.8, 4) is 5.69 Å². The summed E-state index contributed by atoms with van der Waals surface area (Å²) in [7, 11) is 0. The number of para-hydroxylation sites is 1. The molecular weight excluding hydrogens is 384 g/mol. The summed E-state index contributed by atoms with van der Waals surface area (Å²) in [4.78, 5) is 22.0. The van der Waals surface area contributed by atoms with Crippen LogP contribution in [0.25, 0.3) is 5.69 Å². The number of halogens is 1. The molecule has 3 aromatic rings. The van der Waals surface area contributed by atoms with Gasteiger partial charge < -0.3 is 5.32 Å². The van der Waals surface area contributed by atoms with E-state index in [1.165, 1.54) is 5.57 Å². The Morgan fingerprint density at radius 1 is 0.828 bits per heavy atom. The first-order valence-corrected chi connectivity index (χ1v) is 9.74. The van der Waals surface area contributed by atoms with Crippen LogP contribution in [0.4, 0.5) is 0 Å². The third-order valence-corrected chi connectivity index (χ3v) is 4.30. The summed E-state index contributed by atoms with van der Waals surface area (Å²) in [6, 6.07) is 22.5. The number of benzene rings is 2. The van der Waals surface area contributed by atoms with E-state index in [9.17, 15) is 9.59 Å². The molecule has 29 heavy (non-hydrogen) atoms. The van der Waals surface area contributed by atoms with Crippen molar-refractivity contribution in [1.82, 2.24) is 9.88 Å². The van der Waals surface area contributed by atoms with Gasteiger partial charge in [0, 0.05) is 35.6 Å². The van der Waals surface area contributed by atoms with Gasteiger partial charge in [-0.1, -0.05) is 59.6 Å². The van der Waals surface area contributed by atoms with Crippen molar-refractivity contribution in [2.45, 2.75) is 26.7 Å². The average Bonchev–Trinajstić information content (AvgIpc) is 2.74. The van der Waals surface area contributed by atoms with Gasteiger partial charge in [0.15, 0.2) is 0 Å². The molecule has 0 unspecified atom stereocenters. The first-order chi connectivity index (χ1) is 14.0. The average molecular weight is 409 g/mol. The molecule has 0 fully saturated rings. The number of allylic oxidation sites excluding steroid dienone is 1. The fourth-order valence-corrected chi connectivity index (χ4v) is 2.60. The first-order valence-electron chi connectivity index (χ1n) is 9.36. The molecule has 1 aliphatic rings. The molecule has 0 radical (unpaired) electrons. The van der Waals surface area contributed by atoms with E-state index in [-0.39, 0.29) is 11.5 Å². The number of aromatic nitrogens is 1. The van der Waals surface area contributed by atoms with Gasteiger partial charge in [0.05, 0.1) is 0 Å². The molecule has 0 bridgehead atoms. The molecule has 0 aliphatic carbocycles. The second kappa shape index (κ2) is 11.7. The fourth-order valence-electron chi connectivity index (χ4n) is 2.46. The van der Waals surface area contributed by atoms with Crippen LogP contribution in [0.5, 0.6) is 0 Å². The zero-order valence-electron chi connectivity index (χ0n) is 16.6. The van der Waals surface area contributed by atoms with E-state index in [2.05, 4.69) is 5.32 Å². The van der Waals surface area contributed by atoms with Gasteiger partial charge in [-0.25, -0.2) is 0 Å². The number of aryl methyl sites for hydroxylation is 1. The lowest BCUT2D eigenvalue weighted by atomic mass is 10.1. The molecule has 2 aromatic carbocycles. The predicted molar refractivity (Wildman–Crippen MR) is 119 cm³/mol. The Morgan fingerprint density at radius 3 is 1.93 bits per heavy atom. The Morgan fingerprint density at radius 2 is 1.45 bits per heavy atom. The van der Waals surface area contributed by atoms with Gasteiger partial charge in [0.2, 0.25) is 5.91 Å². The summed E-state index contributed by atoms with van der Waals surface area (Å²) in [5.74, 6) is 0.135. The lowest BCUT2D eigenvalue weighted by molar-refractivity contribution is -0.120. The third-order valence-electron chi connectivity index (χ3n) is 4.05. The number of hydrogen-bond donors (Lipinski definition) is 1. The highest BCUT2D eigenvalue weighted by molar-refractivity contribution is 6.30. The largest absolute Gasteiger partial charge is 0.333 e. The van der Waals surface area contributed by atoms with E-state index in [0.29, 0.717) is 6.42 Å². The number of nitrogens with one attached hydrogen (secondary N) is 1. The predicted octanol–water partition coefficient (Wildman–Crippen LogP) is 5.29. The summed E-state index contributed by atoms with van der Waals surface area (Å²) in [5, 5.41) is 3.42. The molecular formula is C24H25ClN2O2. The van der Waals surface area contributed by atoms with E-state index in [1.54, 1.807) is 16.8 Å². The first kappa shape index (κ1) is 22.2. The number of rotatable bonds is 1. The smallest absolute Gasteiger partial charge is 0.255 e. The molecule has 0 saturated carbocycles. The van der Waals surface area contributed by atoms with E-state index in [0.717, 1.165) is 22.7 Å². The lowest BCUT2D eigenvalue weighted by Crippen LogP contribution is -2.20. The molecule has 4 rings (SSSR count). The van der Waals surface area contributed by atoms with Crippen LogP contribution in [0, 0.1) is 6.92 Å². The van der Waals surface area contributed by atoms with Crippen LogP contribution in [0.3, 0.4) is 0 Å². The van der Waals surface area contributed by atoms with E-state index in [1.807, 2.05) is 86.8 Å². The second-order valence-electron chi connectivity index (χ2n) is 6.60. The van der Waals surface area contributed by atoms with Crippen molar-refractivity contribution in [2.75, 3.05) is 0 Å². The number of hydrogen-bond acceptors (Lipinski definition) is 2. The maximum absolute atomic E-state index is 11.5. The van der Waals surface area contributed by atoms with Crippen LogP contribution in [0.1, 0.15) is 25.3 Å². The summed E-state index contributed by atoms with van der Waals surface area (Å²) >= 11 is 5.54. The highest BCUT2D eigenvalue weighted by Gasteiger charge is 2.04. The topological polar surface area (TPSA) is 51.1 Å². The normalized spacial score (nSPS) is 12.4. The Kier molecular flexibility index (Phi) is 8.93. The number of carbonyl (C=O) groups is 1. The van der Waals surface area contributed by atoms with Crippen LogP contribution in [0.15, 0.2) is 95.6 Å². The SMILES string of the molecule is CC1=CNC(=O)CC1.Cc1ccc(=O)n(-c2ccccc2)c1.Clc1ccccc1. The molecule has 1 aliphatic heterocycles. The Bertz CT molecular complexity index is 996. The van der Waals surface area contributed by atoms with Gasteiger partial charge in [-0.05, 0) is 50.1 Å². The zero-order valence-corrected chi connectivity index (χ0v) is 17.4. The molecule has 4 nitrogen and oxygen atoms in total. The highest BCUT2D eigenvalue weighted by Crippen LogP contribution is 2.06. The maximum atomic E-state index is 11.5. The minimum atomic E-state index is 0.00167. The molecule has 0 atom stereocenters.